The van der Waals surface area contributed by atoms with Gasteiger partial charge in [0, 0.05) is 22.8 Å². The zero-order chi connectivity index (χ0) is 23.2. The molecule has 0 fully saturated rings. The SMILES string of the molecule is CN1c2ccc(cc2)C2[C-]=Cc3c1ccc(Cl)c32.Clc1cccc2c1C(c1ccccc1)[C-]=C2.[Cl-].[Cl-].[Zr+4]. The Labute approximate surface area is 260 Å². The predicted octanol–water partition coefficient (Wildman–Crippen LogP) is 2.69. The Kier molecular flexibility index (Phi) is 9.95. The molecule has 2 aliphatic heterocycles. The minimum Gasteiger partial charge on any atom is -1.00 e. The molecular weight excluding hydrogens is 619 g/mol. The van der Waals surface area contributed by atoms with E-state index in [1.807, 2.05) is 42.5 Å². The molecule has 0 spiro atoms. The molecule has 4 aromatic rings. The number of rotatable bonds is 1. The van der Waals surface area contributed by atoms with E-state index in [2.05, 4.69) is 78.7 Å². The average Bonchev–Trinajstić information content (AvgIpc) is 3.52. The summed E-state index contributed by atoms with van der Waals surface area (Å²) >= 11 is 12.6. The molecule has 182 valence electrons. The van der Waals surface area contributed by atoms with Gasteiger partial charge in [-0.05, 0) is 30.0 Å². The van der Waals surface area contributed by atoms with Crippen LogP contribution in [-0.2, 0) is 26.2 Å². The van der Waals surface area contributed by atoms with E-state index >= 15 is 0 Å². The minimum atomic E-state index is 0. The van der Waals surface area contributed by atoms with Crippen LogP contribution >= 0.6 is 23.2 Å². The summed E-state index contributed by atoms with van der Waals surface area (Å²) in [5, 5.41) is 1.66. The summed E-state index contributed by atoms with van der Waals surface area (Å²) < 4.78 is 0. The topological polar surface area (TPSA) is 3.24 Å². The number of fused-ring (bicyclic) bond motifs is 3. The van der Waals surface area contributed by atoms with Crippen molar-refractivity contribution in [3.05, 3.63) is 141 Å². The second-order valence-corrected chi connectivity index (χ2v) is 9.50. The first-order chi connectivity index (χ1) is 16.6. The van der Waals surface area contributed by atoms with Crippen molar-refractivity contribution in [2.75, 3.05) is 11.9 Å². The first-order valence-corrected chi connectivity index (χ1v) is 12.1. The molecule has 0 N–H and O–H groups in total. The van der Waals surface area contributed by atoms with Crippen molar-refractivity contribution >= 4 is 46.7 Å². The van der Waals surface area contributed by atoms with Gasteiger partial charge in [0.2, 0.25) is 0 Å². The second-order valence-electron chi connectivity index (χ2n) is 8.69. The molecule has 2 unspecified atom stereocenters. The fraction of sp³-hybridized carbons (Fsp3) is 0.0968. The van der Waals surface area contributed by atoms with Crippen LogP contribution in [0.4, 0.5) is 11.4 Å². The van der Waals surface area contributed by atoms with Gasteiger partial charge < -0.3 is 29.7 Å². The molecule has 2 aliphatic carbocycles. The molecule has 37 heavy (non-hydrogen) atoms. The summed E-state index contributed by atoms with van der Waals surface area (Å²) in [6, 6.07) is 29.1. The van der Waals surface area contributed by atoms with Crippen LogP contribution in [0.3, 0.4) is 0 Å². The molecule has 4 aliphatic rings. The Balaban J connectivity index is 0.000000191. The molecule has 0 aromatic heterocycles. The Morgan fingerprint density at radius 3 is 2.00 bits per heavy atom. The van der Waals surface area contributed by atoms with Crippen LogP contribution in [0.25, 0.3) is 12.2 Å². The smallest absolute Gasteiger partial charge is 1.00 e. The van der Waals surface area contributed by atoms with E-state index in [0.717, 1.165) is 10.0 Å². The van der Waals surface area contributed by atoms with E-state index in [1.54, 1.807) is 0 Å². The second kappa shape index (κ2) is 12.4. The van der Waals surface area contributed by atoms with Gasteiger partial charge in [0.1, 0.15) is 0 Å². The van der Waals surface area contributed by atoms with Crippen molar-refractivity contribution in [1.29, 1.82) is 0 Å². The van der Waals surface area contributed by atoms with Crippen molar-refractivity contribution in [2.24, 2.45) is 0 Å². The Morgan fingerprint density at radius 2 is 1.27 bits per heavy atom. The van der Waals surface area contributed by atoms with Gasteiger partial charge in [-0.2, -0.15) is 5.56 Å². The fourth-order valence-corrected chi connectivity index (χ4v) is 5.59. The Morgan fingerprint density at radius 1 is 0.649 bits per heavy atom. The third kappa shape index (κ3) is 5.38. The Hall–Kier alpha value is -1.80. The molecule has 6 heteroatoms. The Bertz CT molecular complexity index is 1450. The molecule has 2 heterocycles. The molecule has 0 saturated carbocycles. The summed E-state index contributed by atoms with van der Waals surface area (Å²) in [4.78, 5) is 2.20. The third-order valence-electron chi connectivity index (χ3n) is 6.78. The van der Waals surface area contributed by atoms with Crippen LogP contribution in [0.5, 0.6) is 0 Å². The maximum atomic E-state index is 6.39. The van der Waals surface area contributed by atoms with E-state index in [1.165, 1.54) is 44.8 Å². The van der Waals surface area contributed by atoms with Crippen LogP contribution in [0.1, 0.15) is 45.2 Å². The first-order valence-electron chi connectivity index (χ1n) is 11.3. The molecule has 0 amide bonds. The monoisotopic (exact) mass is 637 g/mol. The zero-order valence-electron chi connectivity index (χ0n) is 19.9. The van der Waals surface area contributed by atoms with Crippen molar-refractivity contribution in [1.82, 2.24) is 0 Å². The van der Waals surface area contributed by atoms with Gasteiger partial charge in [-0.25, -0.2) is 12.2 Å². The number of anilines is 2. The normalized spacial score (nSPS) is 16.7. The van der Waals surface area contributed by atoms with Gasteiger partial charge in [0.25, 0.3) is 0 Å². The number of hydrogen-bond acceptors (Lipinski definition) is 1. The summed E-state index contributed by atoms with van der Waals surface area (Å²) in [5.74, 6) is 0.359. The van der Waals surface area contributed by atoms with E-state index in [4.69, 9.17) is 23.2 Å². The maximum Gasteiger partial charge on any atom is 4.00 e. The van der Waals surface area contributed by atoms with Gasteiger partial charge in [0.05, 0.1) is 0 Å². The van der Waals surface area contributed by atoms with Gasteiger partial charge in [0.15, 0.2) is 0 Å². The first kappa shape index (κ1) is 29.8. The summed E-state index contributed by atoms with van der Waals surface area (Å²) in [6.45, 7) is 0. The number of hydrogen-bond donors (Lipinski definition) is 0. The van der Waals surface area contributed by atoms with E-state index in [-0.39, 0.29) is 62.9 Å². The standard InChI is InChI=1S/C16H11ClN.C15H10Cl.2ClH.Zr/c1-18-11-4-2-10(3-5-11)12-6-7-13-15(18)9-8-14(17)16(12)13;16-14-8-4-7-12-9-10-13(15(12)14)11-5-2-1-3-6-11;;;/h2-5,7-9,12H,1H3;1-9,13H;2*1H;/q2*-1;;;+4/p-2. The summed E-state index contributed by atoms with van der Waals surface area (Å²) in [7, 11) is 2.09. The molecule has 0 radical (unpaired) electrons. The van der Waals surface area contributed by atoms with Crippen LogP contribution < -0.4 is 29.7 Å². The van der Waals surface area contributed by atoms with Gasteiger partial charge in [-0.1, -0.05) is 101 Å². The quantitative estimate of drug-likeness (QED) is 0.290. The van der Waals surface area contributed by atoms with Gasteiger partial charge >= 0.3 is 26.2 Å². The average molecular weight is 641 g/mol. The molecule has 6 bridgehead atoms. The molecular formula is C31H21Cl4NZr. The largest absolute Gasteiger partial charge is 4.00 e. The van der Waals surface area contributed by atoms with Gasteiger partial charge in [-0.15, -0.1) is 22.8 Å². The van der Waals surface area contributed by atoms with Crippen molar-refractivity contribution < 1.29 is 51.0 Å². The zero-order valence-corrected chi connectivity index (χ0v) is 25.3. The van der Waals surface area contributed by atoms with Gasteiger partial charge in [-0.3, -0.25) is 12.2 Å². The predicted molar refractivity (Wildman–Crippen MR) is 143 cm³/mol. The number of allylic oxidation sites excluding steroid dienone is 2. The number of halogens is 4. The van der Waals surface area contributed by atoms with E-state index in [0.29, 0.717) is 0 Å². The van der Waals surface area contributed by atoms with Crippen molar-refractivity contribution in [3.8, 4) is 0 Å². The van der Waals surface area contributed by atoms with Crippen LogP contribution in [-0.4, -0.2) is 7.05 Å². The fourth-order valence-electron chi connectivity index (χ4n) is 5.03. The third-order valence-corrected chi connectivity index (χ3v) is 7.44. The van der Waals surface area contributed by atoms with E-state index in [9.17, 15) is 0 Å². The maximum absolute atomic E-state index is 6.39. The molecule has 4 aromatic carbocycles. The van der Waals surface area contributed by atoms with Crippen LogP contribution in [0.15, 0.2) is 84.9 Å². The minimum absolute atomic E-state index is 0. The number of nitrogens with zero attached hydrogens (tertiary/aromatic N) is 1. The summed E-state index contributed by atoms with van der Waals surface area (Å²) in [6.07, 6.45) is 10.9. The summed E-state index contributed by atoms with van der Waals surface area (Å²) in [5.41, 5.74) is 9.64. The molecule has 0 saturated heterocycles. The van der Waals surface area contributed by atoms with Crippen LogP contribution in [0.2, 0.25) is 10.0 Å². The van der Waals surface area contributed by atoms with E-state index < -0.39 is 0 Å². The van der Waals surface area contributed by atoms with Crippen molar-refractivity contribution in [2.45, 2.75) is 11.8 Å². The molecule has 8 rings (SSSR count). The van der Waals surface area contributed by atoms with Crippen LogP contribution in [0, 0.1) is 12.2 Å². The molecule has 2 atom stereocenters. The molecule has 1 nitrogen and oxygen atoms in total. The number of benzene rings is 4. The van der Waals surface area contributed by atoms with Crippen molar-refractivity contribution in [3.63, 3.8) is 0 Å².